The van der Waals surface area contributed by atoms with Gasteiger partial charge in [0.1, 0.15) is 0 Å². The Morgan fingerprint density at radius 2 is 2.05 bits per heavy atom. The number of hydrogen-bond acceptors (Lipinski definition) is 4. The molecule has 0 spiro atoms. The number of hydrogen-bond donors (Lipinski definition) is 0. The summed E-state index contributed by atoms with van der Waals surface area (Å²) < 4.78 is 28.4. The minimum absolute atomic E-state index is 0.179. The average Bonchev–Trinajstić information content (AvgIpc) is 2.41. The Morgan fingerprint density at radius 3 is 2.67 bits per heavy atom. The fraction of sp³-hybridized carbons (Fsp3) is 0.0833. The van der Waals surface area contributed by atoms with E-state index in [1.807, 2.05) is 0 Å². The first kappa shape index (κ1) is 15.4. The summed E-state index contributed by atoms with van der Waals surface area (Å²) in [6.45, 7) is -3.21. The highest BCUT2D eigenvalue weighted by atomic mass is 35.5. The monoisotopic (exact) mass is 334 g/mol. The summed E-state index contributed by atoms with van der Waals surface area (Å²) in [7, 11) is 0. The van der Waals surface area contributed by atoms with Crippen molar-refractivity contribution in [2.75, 3.05) is 0 Å². The van der Waals surface area contributed by atoms with E-state index < -0.39 is 23.1 Å². The molecule has 0 radical (unpaired) electrons. The molecule has 0 saturated heterocycles. The molecule has 9 heteroatoms. The van der Waals surface area contributed by atoms with E-state index in [1.54, 1.807) is 18.2 Å². The van der Waals surface area contributed by atoms with Crippen molar-refractivity contribution in [2.45, 2.75) is 6.61 Å². The van der Waals surface area contributed by atoms with Crippen molar-refractivity contribution in [3.8, 4) is 17.0 Å². The van der Waals surface area contributed by atoms with Crippen molar-refractivity contribution >= 4 is 28.9 Å². The second-order valence-corrected chi connectivity index (χ2v) is 4.57. The van der Waals surface area contributed by atoms with Gasteiger partial charge in [-0.05, 0) is 6.07 Å². The Balaban J connectivity index is 2.54. The quantitative estimate of drug-likeness (QED) is 0.607. The van der Waals surface area contributed by atoms with Gasteiger partial charge < -0.3 is 4.74 Å². The molecule has 21 heavy (non-hydrogen) atoms. The third kappa shape index (κ3) is 3.37. The van der Waals surface area contributed by atoms with Gasteiger partial charge in [-0.15, -0.1) is 0 Å². The molecule has 0 fully saturated rings. The van der Waals surface area contributed by atoms with Gasteiger partial charge in [0.05, 0.1) is 15.0 Å². The summed E-state index contributed by atoms with van der Waals surface area (Å²) in [5.41, 5.74) is -0.0389. The summed E-state index contributed by atoms with van der Waals surface area (Å²) in [6.07, 6.45) is 1.14. The van der Waals surface area contributed by atoms with Gasteiger partial charge in [-0.2, -0.15) is 8.78 Å². The third-order valence-electron chi connectivity index (χ3n) is 2.49. The van der Waals surface area contributed by atoms with Crippen LogP contribution in [0.15, 0.2) is 30.5 Å². The zero-order valence-electron chi connectivity index (χ0n) is 10.1. The summed E-state index contributed by atoms with van der Waals surface area (Å²) in [6, 6.07) is 5.76. The van der Waals surface area contributed by atoms with E-state index in [0.29, 0.717) is 5.56 Å². The van der Waals surface area contributed by atoms with Gasteiger partial charge in [-0.1, -0.05) is 35.3 Å². The van der Waals surface area contributed by atoms with E-state index in [1.165, 1.54) is 0 Å². The topological polar surface area (TPSA) is 65.3 Å². The molecule has 0 aliphatic rings. The fourth-order valence-corrected chi connectivity index (χ4v) is 2.03. The van der Waals surface area contributed by atoms with Gasteiger partial charge in [-0.3, -0.25) is 10.1 Å². The van der Waals surface area contributed by atoms with E-state index >= 15 is 0 Å². The summed E-state index contributed by atoms with van der Waals surface area (Å²) >= 11 is 11.9. The Labute approximate surface area is 127 Å². The highest BCUT2D eigenvalue weighted by molar-refractivity contribution is 6.43. The SMILES string of the molecule is O=[N+]([O-])c1cc(-c2cccc(Cl)c2Cl)cnc1OC(F)F. The number of ether oxygens (including phenoxy) is 1. The van der Waals surface area contributed by atoms with Gasteiger partial charge in [0.25, 0.3) is 5.88 Å². The van der Waals surface area contributed by atoms with E-state index in [9.17, 15) is 18.9 Å². The average molecular weight is 335 g/mol. The Bertz CT molecular complexity index is 698. The predicted molar refractivity (Wildman–Crippen MR) is 73.0 cm³/mol. The number of pyridine rings is 1. The molecule has 0 N–H and O–H groups in total. The van der Waals surface area contributed by atoms with E-state index in [-0.39, 0.29) is 15.6 Å². The minimum Gasteiger partial charge on any atom is -0.411 e. The van der Waals surface area contributed by atoms with Crippen LogP contribution < -0.4 is 4.74 Å². The van der Waals surface area contributed by atoms with Crippen LogP contribution in [0.4, 0.5) is 14.5 Å². The summed E-state index contributed by atoms with van der Waals surface area (Å²) in [4.78, 5) is 13.6. The molecule has 0 aliphatic heterocycles. The molecule has 2 aromatic rings. The lowest BCUT2D eigenvalue weighted by molar-refractivity contribution is -0.386. The first-order chi connectivity index (χ1) is 9.90. The van der Waals surface area contributed by atoms with E-state index in [4.69, 9.17) is 23.2 Å². The second-order valence-electron chi connectivity index (χ2n) is 3.79. The van der Waals surface area contributed by atoms with Crippen molar-refractivity contribution in [2.24, 2.45) is 0 Å². The zero-order valence-corrected chi connectivity index (χ0v) is 11.6. The molecular weight excluding hydrogens is 329 g/mol. The molecule has 110 valence electrons. The summed E-state index contributed by atoms with van der Waals surface area (Å²) in [5, 5.41) is 11.4. The normalized spacial score (nSPS) is 10.7. The van der Waals surface area contributed by atoms with E-state index in [0.717, 1.165) is 12.3 Å². The van der Waals surface area contributed by atoms with Crippen LogP contribution >= 0.6 is 23.2 Å². The molecule has 0 saturated carbocycles. The lowest BCUT2D eigenvalue weighted by Gasteiger charge is -2.08. The molecule has 0 amide bonds. The highest BCUT2D eigenvalue weighted by Crippen LogP contribution is 2.36. The van der Waals surface area contributed by atoms with Gasteiger partial charge >= 0.3 is 12.3 Å². The largest absolute Gasteiger partial charge is 0.411 e. The van der Waals surface area contributed by atoms with Gasteiger partial charge in [-0.25, -0.2) is 4.98 Å². The standard InChI is InChI=1S/C12H6Cl2F2N2O3/c13-8-3-1-2-7(10(8)14)6-4-9(18(19)20)11(17-5-6)21-12(15)16/h1-5,12H. The van der Waals surface area contributed by atoms with Crippen LogP contribution in [0, 0.1) is 10.1 Å². The van der Waals surface area contributed by atoms with E-state index in [2.05, 4.69) is 9.72 Å². The molecule has 1 aromatic heterocycles. The molecule has 5 nitrogen and oxygen atoms in total. The van der Waals surface area contributed by atoms with Gasteiger partial charge in [0.2, 0.25) is 0 Å². The lowest BCUT2D eigenvalue weighted by atomic mass is 10.1. The number of alkyl halides is 2. The molecule has 0 aliphatic carbocycles. The Hall–Kier alpha value is -1.99. The number of aromatic nitrogens is 1. The van der Waals surface area contributed by atoms with Crippen molar-refractivity contribution in [1.82, 2.24) is 4.98 Å². The first-order valence-electron chi connectivity index (χ1n) is 5.43. The van der Waals surface area contributed by atoms with Crippen LogP contribution in [-0.2, 0) is 0 Å². The number of halogens is 4. The molecular formula is C12H6Cl2F2N2O3. The molecule has 2 rings (SSSR count). The molecule has 1 heterocycles. The number of benzene rings is 1. The van der Waals surface area contributed by atoms with Crippen molar-refractivity contribution in [3.63, 3.8) is 0 Å². The second kappa shape index (κ2) is 6.19. The van der Waals surface area contributed by atoms with Crippen LogP contribution in [0.1, 0.15) is 0 Å². The first-order valence-corrected chi connectivity index (χ1v) is 6.19. The number of nitro groups is 1. The molecule has 0 bridgehead atoms. The molecule has 1 aromatic carbocycles. The maximum atomic E-state index is 12.2. The van der Waals surface area contributed by atoms with Crippen molar-refractivity contribution < 1.29 is 18.4 Å². The Morgan fingerprint density at radius 1 is 1.33 bits per heavy atom. The Kier molecular flexibility index (Phi) is 4.54. The smallest absolute Gasteiger partial charge is 0.388 e. The van der Waals surface area contributed by atoms with Gasteiger partial charge in [0.15, 0.2) is 0 Å². The van der Waals surface area contributed by atoms with Crippen LogP contribution in [0.25, 0.3) is 11.1 Å². The van der Waals surface area contributed by atoms with Gasteiger partial charge in [0, 0.05) is 23.4 Å². The third-order valence-corrected chi connectivity index (χ3v) is 3.31. The lowest BCUT2D eigenvalue weighted by Crippen LogP contribution is -2.06. The molecule has 0 unspecified atom stereocenters. The fourth-order valence-electron chi connectivity index (χ4n) is 1.62. The van der Waals surface area contributed by atoms with Crippen molar-refractivity contribution in [1.29, 1.82) is 0 Å². The van der Waals surface area contributed by atoms with Crippen LogP contribution in [0.2, 0.25) is 10.0 Å². The zero-order chi connectivity index (χ0) is 15.6. The molecule has 0 atom stereocenters. The number of nitrogens with zero attached hydrogens (tertiary/aromatic N) is 2. The van der Waals surface area contributed by atoms with Crippen LogP contribution in [-0.4, -0.2) is 16.5 Å². The minimum atomic E-state index is -3.21. The van der Waals surface area contributed by atoms with Crippen LogP contribution in [0.5, 0.6) is 5.88 Å². The van der Waals surface area contributed by atoms with Crippen molar-refractivity contribution in [3.05, 3.63) is 50.6 Å². The maximum Gasteiger partial charge on any atom is 0.388 e. The maximum absolute atomic E-state index is 12.2. The van der Waals surface area contributed by atoms with Crippen LogP contribution in [0.3, 0.4) is 0 Å². The highest BCUT2D eigenvalue weighted by Gasteiger charge is 2.22. The predicted octanol–water partition coefficient (Wildman–Crippen LogP) is 4.57. The summed E-state index contributed by atoms with van der Waals surface area (Å²) in [5.74, 6) is -0.767. The number of rotatable bonds is 4.